The average molecular weight is 329 g/mol. The van der Waals surface area contributed by atoms with Gasteiger partial charge in [-0.2, -0.15) is 0 Å². The smallest absolute Gasteiger partial charge is 0.245 e. The van der Waals surface area contributed by atoms with Gasteiger partial charge in [0.2, 0.25) is 5.91 Å². The van der Waals surface area contributed by atoms with E-state index in [0.717, 1.165) is 19.4 Å². The summed E-state index contributed by atoms with van der Waals surface area (Å²) in [7, 11) is 0. The normalized spacial score (nSPS) is 32.2. The van der Waals surface area contributed by atoms with E-state index in [4.69, 9.17) is 10.5 Å². The van der Waals surface area contributed by atoms with Crippen molar-refractivity contribution in [2.45, 2.75) is 38.3 Å². The molecule has 0 bridgehead atoms. The van der Waals surface area contributed by atoms with E-state index < -0.39 is 11.0 Å². The summed E-state index contributed by atoms with van der Waals surface area (Å²) >= 11 is 0. The zero-order valence-corrected chi connectivity index (χ0v) is 13.6. The topological polar surface area (TPSA) is 64.3 Å². The van der Waals surface area contributed by atoms with Gasteiger partial charge in [-0.15, -0.1) is 12.4 Å². The SMILES string of the molecule is CC1(C)C2OCCCC2C1(N)C(=O)Nc1cccc(F)c1.Cl. The van der Waals surface area contributed by atoms with E-state index in [2.05, 4.69) is 5.32 Å². The number of rotatable bonds is 2. The minimum absolute atomic E-state index is 0. The Kier molecular flexibility index (Phi) is 4.53. The second kappa shape index (κ2) is 5.80. The van der Waals surface area contributed by atoms with Crippen molar-refractivity contribution in [2.75, 3.05) is 11.9 Å². The maximum absolute atomic E-state index is 13.2. The Labute approximate surface area is 136 Å². The summed E-state index contributed by atoms with van der Waals surface area (Å²) in [4.78, 5) is 12.7. The lowest BCUT2D eigenvalue weighted by atomic mass is 9.46. The molecule has 1 aromatic carbocycles. The van der Waals surface area contributed by atoms with Crippen LogP contribution in [-0.2, 0) is 9.53 Å². The highest BCUT2D eigenvalue weighted by molar-refractivity contribution is 6.00. The van der Waals surface area contributed by atoms with Crippen molar-refractivity contribution >= 4 is 24.0 Å². The van der Waals surface area contributed by atoms with Crippen molar-refractivity contribution < 1.29 is 13.9 Å². The first-order chi connectivity index (χ1) is 9.87. The predicted molar refractivity (Wildman–Crippen MR) is 85.4 cm³/mol. The number of hydrogen-bond donors (Lipinski definition) is 2. The molecule has 22 heavy (non-hydrogen) atoms. The van der Waals surface area contributed by atoms with Crippen molar-refractivity contribution in [3.05, 3.63) is 30.1 Å². The molecule has 3 unspecified atom stereocenters. The number of nitrogens with one attached hydrogen (secondary N) is 1. The highest BCUT2D eigenvalue weighted by Gasteiger charge is 2.70. The van der Waals surface area contributed by atoms with Gasteiger partial charge < -0.3 is 15.8 Å². The quantitative estimate of drug-likeness (QED) is 0.877. The van der Waals surface area contributed by atoms with Crippen LogP contribution in [0.4, 0.5) is 10.1 Å². The molecule has 1 aromatic rings. The molecule has 0 radical (unpaired) electrons. The van der Waals surface area contributed by atoms with Crippen LogP contribution in [0, 0.1) is 17.2 Å². The van der Waals surface area contributed by atoms with Crippen LogP contribution in [0.5, 0.6) is 0 Å². The van der Waals surface area contributed by atoms with Gasteiger partial charge in [-0.1, -0.05) is 19.9 Å². The van der Waals surface area contributed by atoms with E-state index in [1.807, 2.05) is 13.8 Å². The van der Waals surface area contributed by atoms with Crippen molar-refractivity contribution in [3.63, 3.8) is 0 Å². The Balaban J connectivity index is 0.00000176. The zero-order chi connectivity index (χ0) is 15.3. The number of fused-ring (bicyclic) bond motifs is 1. The van der Waals surface area contributed by atoms with E-state index in [1.165, 1.54) is 12.1 Å². The van der Waals surface area contributed by atoms with Crippen LogP contribution in [0.3, 0.4) is 0 Å². The molecule has 122 valence electrons. The van der Waals surface area contributed by atoms with Gasteiger partial charge in [-0.3, -0.25) is 4.79 Å². The molecule has 3 N–H and O–H groups in total. The molecule has 3 atom stereocenters. The number of nitrogens with two attached hydrogens (primary N) is 1. The van der Waals surface area contributed by atoms with Crippen LogP contribution in [0.25, 0.3) is 0 Å². The van der Waals surface area contributed by atoms with Crippen LogP contribution in [0.1, 0.15) is 26.7 Å². The molecule has 2 aliphatic rings. The van der Waals surface area contributed by atoms with Gasteiger partial charge in [0.1, 0.15) is 11.4 Å². The number of hydrogen-bond acceptors (Lipinski definition) is 3. The summed E-state index contributed by atoms with van der Waals surface area (Å²) in [6, 6.07) is 5.85. The lowest BCUT2D eigenvalue weighted by Gasteiger charge is -2.65. The molecular formula is C16H22ClFN2O2. The number of halogens is 2. The molecule has 2 fully saturated rings. The monoisotopic (exact) mass is 328 g/mol. The highest BCUT2D eigenvalue weighted by Crippen LogP contribution is 2.57. The number of benzene rings is 1. The Morgan fingerprint density at radius 1 is 1.45 bits per heavy atom. The van der Waals surface area contributed by atoms with Crippen LogP contribution < -0.4 is 11.1 Å². The third-order valence-electron chi connectivity index (χ3n) is 5.14. The number of anilines is 1. The molecule has 4 nitrogen and oxygen atoms in total. The molecule has 0 aromatic heterocycles. The van der Waals surface area contributed by atoms with E-state index >= 15 is 0 Å². The standard InChI is InChI=1S/C16H21FN2O2.ClH/c1-15(2)13-12(7-4-8-21-13)16(15,18)14(20)19-11-6-3-5-10(17)9-11;/h3,5-6,9,12-13H,4,7-8,18H2,1-2H3,(H,19,20);1H. The summed E-state index contributed by atoms with van der Waals surface area (Å²) < 4.78 is 19.0. The molecule has 1 saturated carbocycles. The zero-order valence-electron chi connectivity index (χ0n) is 12.8. The van der Waals surface area contributed by atoms with Crippen molar-refractivity contribution in [1.82, 2.24) is 0 Å². The number of carbonyl (C=O) groups excluding carboxylic acids is 1. The summed E-state index contributed by atoms with van der Waals surface area (Å²) in [5, 5.41) is 2.75. The Hall–Kier alpha value is -1.17. The number of ether oxygens (including phenoxy) is 1. The Morgan fingerprint density at radius 2 is 2.18 bits per heavy atom. The van der Waals surface area contributed by atoms with Gasteiger partial charge in [-0.05, 0) is 31.0 Å². The second-order valence-corrected chi connectivity index (χ2v) is 6.60. The molecule has 0 spiro atoms. The van der Waals surface area contributed by atoms with Gasteiger partial charge in [0, 0.05) is 23.6 Å². The first kappa shape index (κ1) is 17.2. The summed E-state index contributed by atoms with van der Waals surface area (Å²) in [5.41, 5.74) is 5.49. The number of amides is 1. The fourth-order valence-corrected chi connectivity index (χ4v) is 3.84. The third-order valence-corrected chi connectivity index (χ3v) is 5.14. The second-order valence-electron chi connectivity index (χ2n) is 6.60. The molecule has 6 heteroatoms. The summed E-state index contributed by atoms with van der Waals surface area (Å²) in [6.45, 7) is 4.65. The first-order valence-electron chi connectivity index (χ1n) is 7.35. The fourth-order valence-electron chi connectivity index (χ4n) is 3.84. The molecular weight excluding hydrogens is 307 g/mol. The van der Waals surface area contributed by atoms with Gasteiger partial charge >= 0.3 is 0 Å². The maximum atomic E-state index is 13.2. The fraction of sp³-hybridized carbons (Fsp3) is 0.562. The molecule has 1 aliphatic carbocycles. The molecule has 1 heterocycles. The van der Waals surface area contributed by atoms with Crippen LogP contribution in [0.2, 0.25) is 0 Å². The van der Waals surface area contributed by atoms with E-state index in [9.17, 15) is 9.18 Å². The van der Waals surface area contributed by atoms with Crippen molar-refractivity contribution in [2.24, 2.45) is 17.1 Å². The predicted octanol–water partition coefficient (Wildman–Crippen LogP) is 2.72. The van der Waals surface area contributed by atoms with E-state index in [-0.39, 0.29) is 36.2 Å². The summed E-state index contributed by atoms with van der Waals surface area (Å²) in [6.07, 6.45) is 1.83. The lowest BCUT2D eigenvalue weighted by molar-refractivity contribution is -0.222. The minimum Gasteiger partial charge on any atom is -0.377 e. The van der Waals surface area contributed by atoms with Gasteiger partial charge in [0.25, 0.3) is 0 Å². The lowest BCUT2D eigenvalue weighted by Crippen LogP contribution is -2.81. The van der Waals surface area contributed by atoms with Gasteiger partial charge in [0.05, 0.1) is 6.10 Å². The minimum atomic E-state index is -0.982. The van der Waals surface area contributed by atoms with Gasteiger partial charge in [-0.25, -0.2) is 4.39 Å². The first-order valence-corrected chi connectivity index (χ1v) is 7.35. The van der Waals surface area contributed by atoms with Crippen molar-refractivity contribution in [1.29, 1.82) is 0 Å². The largest absolute Gasteiger partial charge is 0.377 e. The van der Waals surface area contributed by atoms with Crippen LogP contribution >= 0.6 is 12.4 Å². The van der Waals surface area contributed by atoms with Crippen LogP contribution in [0.15, 0.2) is 24.3 Å². The third kappa shape index (κ3) is 2.32. The Bertz CT molecular complexity index is 581. The molecule has 1 amide bonds. The molecule has 1 saturated heterocycles. The van der Waals surface area contributed by atoms with Crippen molar-refractivity contribution in [3.8, 4) is 0 Å². The highest BCUT2D eigenvalue weighted by atomic mass is 35.5. The van der Waals surface area contributed by atoms with E-state index in [1.54, 1.807) is 12.1 Å². The van der Waals surface area contributed by atoms with Gasteiger partial charge in [0.15, 0.2) is 0 Å². The summed E-state index contributed by atoms with van der Waals surface area (Å²) in [5.74, 6) is -0.620. The van der Waals surface area contributed by atoms with E-state index in [0.29, 0.717) is 5.69 Å². The van der Waals surface area contributed by atoms with Crippen LogP contribution in [-0.4, -0.2) is 24.2 Å². The maximum Gasteiger partial charge on any atom is 0.245 e. The molecule has 1 aliphatic heterocycles. The Morgan fingerprint density at radius 3 is 2.86 bits per heavy atom. The number of carbonyl (C=O) groups is 1. The average Bonchev–Trinajstić information content (AvgIpc) is 2.46. The molecule has 3 rings (SSSR count).